The third-order valence-electron chi connectivity index (χ3n) is 3.47. The van der Waals surface area contributed by atoms with Crippen molar-refractivity contribution in [3.05, 3.63) is 29.8 Å². The van der Waals surface area contributed by atoms with Crippen LogP contribution in [0.4, 0.5) is 0 Å². The van der Waals surface area contributed by atoms with Crippen molar-refractivity contribution in [2.75, 3.05) is 26.7 Å². The Hall–Kier alpha value is -1.55. The highest BCUT2D eigenvalue weighted by molar-refractivity contribution is 5.96. The van der Waals surface area contributed by atoms with Gasteiger partial charge in [0.25, 0.3) is 5.91 Å². The zero-order valence-electron chi connectivity index (χ0n) is 10.7. The molecule has 1 aromatic rings. The minimum absolute atomic E-state index is 0.0552. The Kier molecular flexibility index (Phi) is 4.20. The van der Waals surface area contributed by atoms with Crippen LogP contribution in [0.2, 0.25) is 0 Å². The van der Waals surface area contributed by atoms with Crippen LogP contribution in [0.1, 0.15) is 23.2 Å². The minimum atomic E-state index is -0.105. The number of nitrogens with zero attached hydrogens (tertiary/aromatic N) is 1. The van der Waals surface area contributed by atoms with Gasteiger partial charge in [0.1, 0.15) is 5.75 Å². The largest absolute Gasteiger partial charge is 0.507 e. The Labute approximate surface area is 108 Å². The summed E-state index contributed by atoms with van der Waals surface area (Å²) in [6.07, 6.45) is 2.22. The van der Waals surface area contributed by atoms with Gasteiger partial charge in [-0.25, -0.2) is 0 Å². The van der Waals surface area contributed by atoms with Gasteiger partial charge in [0.05, 0.1) is 5.56 Å². The lowest BCUT2D eigenvalue weighted by Crippen LogP contribution is -2.37. The average molecular weight is 248 g/mol. The smallest absolute Gasteiger partial charge is 0.257 e. The summed E-state index contributed by atoms with van der Waals surface area (Å²) >= 11 is 0. The molecule has 0 aromatic heterocycles. The van der Waals surface area contributed by atoms with Gasteiger partial charge in [-0.1, -0.05) is 12.1 Å². The predicted molar refractivity (Wildman–Crippen MR) is 70.7 cm³/mol. The van der Waals surface area contributed by atoms with Gasteiger partial charge in [0.2, 0.25) is 0 Å². The zero-order valence-corrected chi connectivity index (χ0v) is 10.7. The summed E-state index contributed by atoms with van der Waals surface area (Å²) in [5, 5.41) is 13.0. The van der Waals surface area contributed by atoms with Crippen LogP contribution in [0.25, 0.3) is 0 Å². The first kappa shape index (κ1) is 12.9. The molecule has 1 saturated heterocycles. The minimum Gasteiger partial charge on any atom is -0.507 e. The molecule has 0 saturated carbocycles. The Morgan fingerprint density at radius 2 is 2.06 bits per heavy atom. The van der Waals surface area contributed by atoms with Crippen molar-refractivity contribution < 1.29 is 9.90 Å². The van der Waals surface area contributed by atoms with Crippen molar-refractivity contribution in [3.8, 4) is 5.75 Å². The lowest BCUT2D eigenvalue weighted by Gasteiger charge is -2.27. The molecule has 2 rings (SSSR count). The maximum absolute atomic E-state index is 12.2. The molecule has 1 aromatic carbocycles. The highest BCUT2D eigenvalue weighted by atomic mass is 16.3. The fourth-order valence-electron chi connectivity index (χ4n) is 2.39. The fourth-order valence-corrected chi connectivity index (χ4v) is 2.39. The highest BCUT2D eigenvalue weighted by Crippen LogP contribution is 2.19. The average Bonchev–Trinajstić information content (AvgIpc) is 2.39. The molecule has 0 unspecified atom stereocenters. The summed E-state index contributed by atoms with van der Waals surface area (Å²) in [6, 6.07) is 6.70. The van der Waals surface area contributed by atoms with Crippen LogP contribution in [0.15, 0.2) is 24.3 Å². The number of carbonyl (C=O) groups is 1. The topological polar surface area (TPSA) is 52.6 Å². The first-order valence-electron chi connectivity index (χ1n) is 6.42. The van der Waals surface area contributed by atoms with E-state index in [1.54, 1.807) is 36.2 Å². The third-order valence-corrected chi connectivity index (χ3v) is 3.47. The van der Waals surface area contributed by atoms with Crippen molar-refractivity contribution >= 4 is 5.91 Å². The summed E-state index contributed by atoms with van der Waals surface area (Å²) < 4.78 is 0. The van der Waals surface area contributed by atoms with Crippen molar-refractivity contribution in [1.29, 1.82) is 0 Å². The standard InChI is InChI=1S/C14H20N2O2/c1-16(10-11-6-8-15-9-7-11)14(18)12-4-2-3-5-13(12)17/h2-5,11,15,17H,6-10H2,1H3. The number of aromatic hydroxyl groups is 1. The van der Waals surface area contributed by atoms with E-state index in [9.17, 15) is 9.90 Å². The molecule has 1 aliphatic heterocycles. The quantitative estimate of drug-likeness (QED) is 0.851. The number of nitrogens with one attached hydrogen (secondary N) is 1. The molecule has 0 aliphatic carbocycles. The number of piperidine rings is 1. The number of phenolic OH excluding ortho intramolecular Hbond substituents is 1. The second kappa shape index (κ2) is 5.87. The summed E-state index contributed by atoms with van der Waals surface area (Å²) in [4.78, 5) is 13.9. The summed E-state index contributed by atoms with van der Waals surface area (Å²) in [5.41, 5.74) is 0.383. The first-order valence-corrected chi connectivity index (χ1v) is 6.42. The van der Waals surface area contributed by atoms with Gasteiger partial charge in [-0.2, -0.15) is 0 Å². The summed E-state index contributed by atoms with van der Waals surface area (Å²) in [5.74, 6) is 0.511. The molecule has 98 valence electrons. The van der Waals surface area contributed by atoms with Gasteiger partial charge < -0.3 is 15.3 Å². The molecule has 0 atom stereocenters. The molecule has 18 heavy (non-hydrogen) atoms. The molecule has 4 heteroatoms. The van der Waals surface area contributed by atoms with Gasteiger partial charge >= 0.3 is 0 Å². The maximum Gasteiger partial charge on any atom is 0.257 e. The summed E-state index contributed by atoms with van der Waals surface area (Å²) in [7, 11) is 1.80. The van der Waals surface area contributed by atoms with Crippen LogP contribution in [-0.4, -0.2) is 42.6 Å². The van der Waals surface area contributed by atoms with Crippen LogP contribution in [0.3, 0.4) is 0 Å². The van der Waals surface area contributed by atoms with Crippen LogP contribution >= 0.6 is 0 Å². The van der Waals surface area contributed by atoms with Gasteiger partial charge in [0, 0.05) is 13.6 Å². The monoisotopic (exact) mass is 248 g/mol. The first-order chi connectivity index (χ1) is 8.68. The molecule has 1 fully saturated rings. The van der Waals surface area contributed by atoms with Crippen molar-refractivity contribution in [1.82, 2.24) is 10.2 Å². The van der Waals surface area contributed by atoms with E-state index in [1.807, 2.05) is 0 Å². The van der Waals surface area contributed by atoms with Gasteiger partial charge in [0.15, 0.2) is 0 Å². The van der Waals surface area contributed by atoms with Gasteiger partial charge in [-0.15, -0.1) is 0 Å². The zero-order chi connectivity index (χ0) is 13.0. The number of phenols is 1. The van der Waals surface area contributed by atoms with E-state index in [4.69, 9.17) is 0 Å². The Morgan fingerprint density at radius 1 is 1.39 bits per heavy atom. The number of para-hydroxylation sites is 1. The van der Waals surface area contributed by atoms with E-state index in [0.29, 0.717) is 11.5 Å². The Bertz CT molecular complexity index is 414. The molecular weight excluding hydrogens is 228 g/mol. The lowest BCUT2D eigenvalue weighted by atomic mass is 9.97. The molecule has 4 nitrogen and oxygen atoms in total. The fraction of sp³-hybridized carbons (Fsp3) is 0.500. The van der Waals surface area contributed by atoms with Crippen LogP contribution in [0.5, 0.6) is 5.75 Å². The van der Waals surface area contributed by atoms with Crippen LogP contribution in [-0.2, 0) is 0 Å². The van der Waals surface area contributed by atoms with E-state index >= 15 is 0 Å². The molecule has 0 radical (unpaired) electrons. The van der Waals surface area contributed by atoms with Crippen LogP contribution < -0.4 is 5.32 Å². The number of benzene rings is 1. The van der Waals surface area contributed by atoms with E-state index in [-0.39, 0.29) is 11.7 Å². The lowest BCUT2D eigenvalue weighted by molar-refractivity contribution is 0.0760. The molecule has 0 bridgehead atoms. The number of hydrogen-bond acceptors (Lipinski definition) is 3. The number of amides is 1. The molecule has 1 heterocycles. The second-order valence-electron chi connectivity index (χ2n) is 4.90. The van der Waals surface area contributed by atoms with Crippen LogP contribution in [0, 0.1) is 5.92 Å². The molecular formula is C14H20N2O2. The van der Waals surface area contributed by atoms with E-state index in [1.165, 1.54) is 0 Å². The predicted octanol–water partition coefficient (Wildman–Crippen LogP) is 1.46. The van der Waals surface area contributed by atoms with Crippen molar-refractivity contribution in [3.63, 3.8) is 0 Å². The highest BCUT2D eigenvalue weighted by Gasteiger charge is 2.20. The SMILES string of the molecule is CN(CC1CCNCC1)C(=O)c1ccccc1O. The van der Waals surface area contributed by atoms with Crippen molar-refractivity contribution in [2.45, 2.75) is 12.8 Å². The Morgan fingerprint density at radius 3 is 2.72 bits per heavy atom. The third kappa shape index (κ3) is 3.01. The maximum atomic E-state index is 12.2. The molecule has 1 aliphatic rings. The molecule has 1 amide bonds. The van der Waals surface area contributed by atoms with E-state index in [0.717, 1.165) is 32.5 Å². The number of hydrogen-bond donors (Lipinski definition) is 2. The number of rotatable bonds is 3. The van der Waals surface area contributed by atoms with Crippen molar-refractivity contribution in [2.24, 2.45) is 5.92 Å². The van der Waals surface area contributed by atoms with Gasteiger partial charge in [-0.05, 0) is 44.0 Å². The van der Waals surface area contributed by atoms with E-state index in [2.05, 4.69) is 5.32 Å². The normalized spacial score (nSPS) is 16.5. The molecule has 2 N–H and O–H groups in total. The molecule has 0 spiro atoms. The van der Waals surface area contributed by atoms with Gasteiger partial charge in [-0.3, -0.25) is 4.79 Å². The number of carbonyl (C=O) groups excluding carboxylic acids is 1. The summed E-state index contributed by atoms with van der Waals surface area (Å²) in [6.45, 7) is 2.82. The van der Waals surface area contributed by atoms with E-state index < -0.39 is 0 Å². The second-order valence-corrected chi connectivity index (χ2v) is 4.90. The Balaban J connectivity index is 1.98.